The second-order valence-corrected chi connectivity index (χ2v) is 9.84. The van der Waals surface area contributed by atoms with E-state index < -0.39 is 9.84 Å². The highest BCUT2D eigenvalue weighted by Crippen LogP contribution is 2.35. The maximum atomic E-state index is 12.8. The number of nitrogens with one attached hydrogen (secondary N) is 1. The van der Waals surface area contributed by atoms with Crippen LogP contribution in [-0.4, -0.2) is 55.4 Å². The molecule has 0 radical (unpaired) electrons. The van der Waals surface area contributed by atoms with Crippen molar-refractivity contribution >= 4 is 15.7 Å². The normalized spacial score (nSPS) is 32.7. The van der Waals surface area contributed by atoms with Crippen LogP contribution in [0.5, 0.6) is 0 Å². The Bertz CT molecular complexity index is 518. The first kappa shape index (κ1) is 16.2. The highest BCUT2D eigenvalue weighted by Gasteiger charge is 2.39. The summed E-state index contributed by atoms with van der Waals surface area (Å²) in [4.78, 5) is 14.6. The molecule has 2 bridgehead atoms. The van der Waals surface area contributed by atoms with Crippen molar-refractivity contribution in [2.75, 3.05) is 12.0 Å². The Morgan fingerprint density at radius 3 is 2.27 bits per heavy atom. The number of carbonyl (C=O) groups excluding carboxylic acids is 1. The zero-order valence-electron chi connectivity index (χ0n) is 13.6. The highest BCUT2D eigenvalue weighted by atomic mass is 32.2. The Hall–Kier alpha value is -0.620. The lowest BCUT2D eigenvalue weighted by atomic mass is 9.89. The van der Waals surface area contributed by atoms with Crippen LogP contribution in [0.4, 0.5) is 0 Å². The van der Waals surface area contributed by atoms with Crippen LogP contribution in [0.2, 0.25) is 0 Å². The smallest absolute Gasteiger partial charge is 0.223 e. The van der Waals surface area contributed by atoms with E-state index in [0.717, 1.165) is 25.7 Å². The number of hydrogen-bond donors (Lipinski definition) is 1. The maximum absolute atomic E-state index is 12.8. The fraction of sp³-hybridized carbons (Fsp3) is 0.938. The third kappa shape index (κ3) is 4.02. The second kappa shape index (κ2) is 6.11. The summed E-state index contributed by atoms with van der Waals surface area (Å²) < 4.78 is 23.1. The van der Waals surface area contributed by atoms with Gasteiger partial charge in [-0.15, -0.1) is 0 Å². The first-order valence-corrected chi connectivity index (χ1v) is 10.6. The number of carbonyl (C=O) groups is 1. The molecule has 0 aromatic carbocycles. The number of sulfone groups is 1. The van der Waals surface area contributed by atoms with Gasteiger partial charge in [-0.3, -0.25) is 4.79 Å². The first-order valence-electron chi connectivity index (χ1n) is 8.57. The topological polar surface area (TPSA) is 66.5 Å². The summed E-state index contributed by atoms with van der Waals surface area (Å²) in [7, 11) is -3.05. The Morgan fingerprint density at radius 2 is 1.77 bits per heavy atom. The van der Waals surface area contributed by atoms with E-state index in [1.165, 1.54) is 19.1 Å². The molecular formula is C16H28N2O3S. The maximum Gasteiger partial charge on any atom is 0.223 e. The van der Waals surface area contributed by atoms with Crippen LogP contribution < -0.4 is 5.32 Å². The lowest BCUT2D eigenvalue weighted by Crippen LogP contribution is -2.46. The predicted molar refractivity (Wildman–Crippen MR) is 86.3 cm³/mol. The number of piperidine rings is 1. The first-order chi connectivity index (χ1) is 10.3. The summed E-state index contributed by atoms with van der Waals surface area (Å²) in [5.41, 5.74) is 0. The van der Waals surface area contributed by atoms with E-state index in [4.69, 9.17) is 0 Å². The van der Waals surface area contributed by atoms with Gasteiger partial charge in [0.2, 0.25) is 5.91 Å². The molecule has 1 amide bonds. The van der Waals surface area contributed by atoms with E-state index in [1.54, 1.807) is 0 Å². The van der Waals surface area contributed by atoms with Gasteiger partial charge in [-0.2, -0.15) is 0 Å². The lowest BCUT2D eigenvalue weighted by molar-refractivity contribution is -0.134. The number of hydrogen-bond acceptors (Lipinski definition) is 4. The van der Waals surface area contributed by atoms with Gasteiger partial charge < -0.3 is 10.2 Å². The van der Waals surface area contributed by atoms with E-state index in [2.05, 4.69) is 5.32 Å². The molecule has 1 saturated carbocycles. The molecule has 126 valence electrons. The Kier molecular flexibility index (Phi) is 4.52. The van der Waals surface area contributed by atoms with E-state index in [9.17, 15) is 13.2 Å². The van der Waals surface area contributed by atoms with E-state index >= 15 is 0 Å². The van der Waals surface area contributed by atoms with Crippen LogP contribution in [0.3, 0.4) is 0 Å². The zero-order valence-corrected chi connectivity index (χ0v) is 14.4. The van der Waals surface area contributed by atoms with Crippen LogP contribution >= 0.6 is 0 Å². The Balaban J connectivity index is 1.60. The quantitative estimate of drug-likeness (QED) is 0.799. The minimum Gasteiger partial charge on any atom is -0.336 e. The molecule has 2 saturated heterocycles. The van der Waals surface area contributed by atoms with Crippen molar-refractivity contribution in [3.8, 4) is 0 Å². The molecule has 3 aliphatic rings. The molecule has 6 heteroatoms. The molecular weight excluding hydrogens is 300 g/mol. The van der Waals surface area contributed by atoms with Crippen LogP contribution in [0, 0.1) is 5.92 Å². The molecule has 2 heterocycles. The minimum absolute atomic E-state index is 0.0761. The molecule has 3 rings (SSSR count). The van der Waals surface area contributed by atoms with Gasteiger partial charge in [-0.05, 0) is 51.4 Å². The van der Waals surface area contributed by atoms with E-state index in [-0.39, 0.29) is 23.7 Å². The predicted octanol–water partition coefficient (Wildman–Crippen LogP) is 1.33. The zero-order chi connectivity index (χ0) is 15.9. The third-order valence-electron chi connectivity index (χ3n) is 5.28. The second-order valence-electron chi connectivity index (χ2n) is 7.65. The highest BCUT2D eigenvalue weighted by molar-refractivity contribution is 7.90. The van der Waals surface area contributed by atoms with Gasteiger partial charge in [0.15, 0.2) is 0 Å². The molecule has 0 spiro atoms. The Labute approximate surface area is 133 Å². The van der Waals surface area contributed by atoms with Gasteiger partial charge in [0.05, 0.1) is 5.75 Å². The molecule has 22 heavy (non-hydrogen) atoms. The van der Waals surface area contributed by atoms with Gasteiger partial charge in [0, 0.05) is 36.8 Å². The van der Waals surface area contributed by atoms with Crippen LogP contribution in [0.1, 0.15) is 51.9 Å². The third-order valence-corrected chi connectivity index (χ3v) is 6.37. The molecule has 0 aromatic rings. The summed E-state index contributed by atoms with van der Waals surface area (Å²) in [6, 6.07) is 1.27. The average Bonchev–Trinajstić information content (AvgIpc) is 3.13. The lowest BCUT2D eigenvalue weighted by Gasteiger charge is -2.33. The van der Waals surface area contributed by atoms with Crippen molar-refractivity contribution in [1.82, 2.24) is 10.2 Å². The van der Waals surface area contributed by atoms with Crippen molar-refractivity contribution in [3.05, 3.63) is 0 Å². The molecule has 3 fully saturated rings. The van der Waals surface area contributed by atoms with Crippen molar-refractivity contribution in [3.63, 3.8) is 0 Å². The molecule has 2 aliphatic heterocycles. The van der Waals surface area contributed by atoms with Crippen LogP contribution in [0.15, 0.2) is 0 Å². The standard InChI is InChI=1S/C16H28N2O3S/c1-11(10-22(2,20)21)18(15-5-6-15)16(19)9-12-7-13-3-4-14(8-12)17-13/h11-15,17H,3-10H2,1-2H3. The van der Waals surface area contributed by atoms with Crippen molar-refractivity contribution in [2.24, 2.45) is 5.92 Å². The van der Waals surface area contributed by atoms with Crippen LogP contribution in [0.25, 0.3) is 0 Å². The minimum atomic E-state index is -3.05. The summed E-state index contributed by atoms with van der Waals surface area (Å²) in [6.07, 6.45) is 8.58. The van der Waals surface area contributed by atoms with Crippen molar-refractivity contribution in [2.45, 2.75) is 76.0 Å². The van der Waals surface area contributed by atoms with Gasteiger partial charge in [0.25, 0.3) is 0 Å². The van der Waals surface area contributed by atoms with Crippen molar-refractivity contribution < 1.29 is 13.2 Å². The largest absolute Gasteiger partial charge is 0.336 e. The molecule has 0 aromatic heterocycles. The Morgan fingerprint density at radius 1 is 1.18 bits per heavy atom. The molecule has 5 nitrogen and oxygen atoms in total. The number of rotatable bonds is 6. The number of amides is 1. The van der Waals surface area contributed by atoms with Gasteiger partial charge in [-0.25, -0.2) is 8.42 Å². The van der Waals surface area contributed by atoms with Crippen LogP contribution in [-0.2, 0) is 14.6 Å². The summed E-state index contributed by atoms with van der Waals surface area (Å²) in [6.45, 7) is 1.88. The molecule has 3 unspecified atom stereocenters. The fourth-order valence-electron chi connectivity index (χ4n) is 4.37. The number of nitrogens with zero attached hydrogens (tertiary/aromatic N) is 1. The van der Waals surface area contributed by atoms with Gasteiger partial charge >= 0.3 is 0 Å². The van der Waals surface area contributed by atoms with Gasteiger partial charge in [-0.1, -0.05) is 0 Å². The molecule has 3 atom stereocenters. The average molecular weight is 328 g/mol. The molecule has 1 N–H and O–H groups in total. The number of fused-ring (bicyclic) bond motifs is 2. The van der Waals surface area contributed by atoms with E-state index in [0.29, 0.717) is 24.4 Å². The fourth-order valence-corrected chi connectivity index (χ4v) is 5.41. The SMILES string of the molecule is CC(CS(C)(=O)=O)N(C(=O)CC1CC2CCC(C1)N2)C1CC1. The molecule has 1 aliphatic carbocycles. The van der Waals surface area contributed by atoms with Crippen molar-refractivity contribution in [1.29, 1.82) is 0 Å². The van der Waals surface area contributed by atoms with Gasteiger partial charge in [0.1, 0.15) is 9.84 Å². The summed E-state index contributed by atoms with van der Waals surface area (Å²) in [5.74, 6) is 0.718. The summed E-state index contributed by atoms with van der Waals surface area (Å²) in [5, 5.41) is 3.61. The summed E-state index contributed by atoms with van der Waals surface area (Å²) >= 11 is 0. The van der Waals surface area contributed by atoms with E-state index in [1.807, 2.05) is 11.8 Å². The monoisotopic (exact) mass is 328 g/mol.